The SMILES string of the molecule is Cc1c(CN2CC(CN)CC2C)cnn1C.Cl. The number of aromatic nitrogens is 2. The smallest absolute Gasteiger partial charge is 0.0537 e. The summed E-state index contributed by atoms with van der Waals surface area (Å²) in [5.41, 5.74) is 8.35. The van der Waals surface area contributed by atoms with Crippen LogP contribution in [-0.4, -0.2) is 33.8 Å². The monoisotopic (exact) mass is 258 g/mol. The lowest BCUT2D eigenvalue weighted by atomic mass is 10.1. The Morgan fingerprint density at radius 1 is 1.53 bits per heavy atom. The Kier molecular flexibility index (Phi) is 4.98. The molecule has 2 heterocycles. The van der Waals surface area contributed by atoms with Crippen molar-refractivity contribution in [2.45, 2.75) is 32.9 Å². The molecule has 2 atom stereocenters. The molecular weight excluding hydrogens is 236 g/mol. The van der Waals surface area contributed by atoms with Gasteiger partial charge in [-0.15, -0.1) is 12.4 Å². The van der Waals surface area contributed by atoms with Crippen LogP contribution in [0.25, 0.3) is 0 Å². The molecule has 1 fully saturated rings. The Balaban J connectivity index is 0.00000144. The van der Waals surface area contributed by atoms with E-state index in [0.717, 1.165) is 19.6 Å². The number of aryl methyl sites for hydroxylation is 1. The van der Waals surface area contributed by atoms with E-state index >= 15 is 0 Å². The molecule has 0 aliphatic carbocycles. The van der Waals surface area contributed by atoms with Gasteiger partial charge in [0.2, 0.25) is 0 Å². The highest BCUT2D eigenvalue weighted by Gasteiger charge is 2.28. The number of hydrogen-bond acceptors (Lipinski definition) is 3. The molecule has 0 bridgehead atoms. The van der Waals surface area contributed by atoms with Crippen molar-refractivity contribution in [3.63, 3.8) is 0 Å². The number of nitrogens with zero attached hydrogens (tertiary/aromatic N) is 3. The minimum Gasteiger partial charge on any atom is -0.330 e. The second kappa shape index (κ2) is 5.85. The molecule has 4 nitrogen and oxygen atoms in total. The summed E-state index contributed by atoms with van der Waals surface area (Å²) in [5.74, 6) is 0.673. The highest BCUT2D eigenvalue weighted by Crippen LogP contribution is 2.24. The van der Waals surface area contributed by atoms with Gasteiger partial charge >= 0.3 is 0 Å². The van der Waals surface area contributed by atoms with E-state index < -0.39 is 0 Å². The first kappa shape index (κ1) is 14.5. The van der Waals surface area contributed by atoms with Crippen LogP contribution in [0.2, 0.25) is 0 Å². The van der Waals surface area contributed by atoms with E-state index in [9.17, 15) is 0 Å². The van der Waals surface area contributed by atoms with E-state index in [1.165, 1.54) is 17.7 Å². The summed E-state index contributed by atoms with van der Waals surface area (Å²) in [6.07, 6.45) is 3.22. The van der Waals surface area contributed by atoms with E-state index in [1.54, 1.807) is 0 Å². The molecule has 0 spiro atoms. The van der Waals surface area contributed by atoms with Gasteiger partial charge < -0.3 is 5.73 Å². The highest BCUT2D eigenvalue weighted by molar-refractivity contribution is 5.85. The van der Waals surface area contributed by atoms with Crippen LogP contribution >= 0.6 is 12.4 Å². The Morgan fingerprint density at radius 3 is 2.71 bits per heavy atom. The van der Waals surface area contributed by atoms with Crippen molar-refractivity contribution in [3.05, 3.63) is 17.5 Å². The third-order valence-electron chi connectivity index (χ3n) is 3.83. The average molecular weight is 259 g/mol. The van der Waals surface area contributed by atoms with Gasteiger partial charge in [-0.1, -0.05) is 0 Å². The Hall–Kier alpha value is -0.580. The fourth-order valence-electron chi connectivity index (χ4n) is 2.53. The molecule has 0 radical (unpaired) electrons. The average Bonchev–Trinajstić information content (AvgIpc) is 2.77. The molecular formula is C12H23ClN4. The number of nitrogens with two attached hydrogens (primary N) is 1. The summed E-state index contributed by atoms with van der Waals surface area (Å²) in [7, 11) is 1.99. The van der Waals surface area contributed by atoms with Crippen molar-refractivity contribution in [2.24, 2.45) is 18.7 Å². The maximum absolute atomic E-state index is 5.74. The van der Waals surface area contributed by atoms with Crippen molar-refractivity contribution >= 4 is 12.4 Å². The van der Waals surface area contributed by atoms with Gasteiger partial charge in [0.1, 0.15) is 0 Å². The topological polar surface area (TPSA) is 47.1 Å². The van der Waals surface area contributed by atoms with Crippen molar-refractivity contribution in [1.82, 2.24) is 14.7 Å². The van der Waals surface area contributed by atoms with E-state index in [1.807, 2.05) is 17.9 Å². The third kappa shape index (κ3) is 3.00. The largest absolute Gasteiger partial charge is 0.330 e. The van der Waals surface area contributed by atoms with E-state index in [4.69, 9.17) is 5.73 Å². The highest BCUT2D eigenvalue weighted by atomic mass is 35.5. The van der Waals surface area contributed by atoms with Crippen LogP contribution < -0.4 is 5.73 Å². The zero-order valence-electron chi connectivity index (χ0n) is 10.9. The van der Waals surface area contributed by atoms with Gasteiger partial charge in [0, 0.05) is 37.4 Å². The fourth-order valence-corrected chi connectivity index (χ4v) is 2.53. The molecule has 1 saturated heterocycles. The van der Waals surface area contributed by atoms with Gasteiger partial charge in [-0.25, -0.2) is 0 Å². The Labute approximate surface area is 110 Å². The van der Waals surface area contributed by atoms with Crippen LogP contribution in [0.1, 0.15) is 24.6 Å². The minimum atomic E-state index is 0. The first-order valence-electron chi connectivity index (χ1n) is 6.03. The molecule has 0 saturated carbocycles. The van der Waals surface area contributed by atoms with Crippen molar-refractivity contribution in [1.29, 1.82) is 0 Å². The standard InChI is InChI=1S/C12H22N4.ClH/c1-9-4-11(5-13)7-16(9)8-12-6-14-15(3)10(12)2;/h6,9,11H,4-5,7-8,13H2,1-3H3;1H. The molecule has 2 rings (SSSR count). The molecule has 2 N–H and O–H groups in total. The molecule has 98 valence electrons. The number of rotatable bonds is 3. The molecule has 1 aliphatic heterocycles. The molecule has 0 amide bonds. The third-order valence-corrected chi connectivity index (χ3v) is 3.83. The van der Waals surface area contributed by atoms with Gasteiger partial charge in [-0.2, -0.15) is 5.10 Å². The summed E-state index contributed by atoms with van der Waals surface area (Å²) < 4.78 is 1.94. The lowest BCUT2D eigenvalue weighted by Crippen LogP contribution is -2.27. The second-order valence-corrected chi connectivity index (χ2v) is 4.99. The van der Waals surface area contributed by atoms with Gasteiger partial charge in [-0.05, 0) is 32.7 Å². The summed E-state index contributed by atoms with van der Waals surface area (Å²) in [5, 5.41) is 4.29. The molecule has 1 aromatic heterocycles. The minimum absolute atomic E-state index is 0. The predicted octanol–water partition coefficient (Wildman–Crippen LogP) is 1.32. The molecule has 1 aliphatic rings. The van der Waals surface area contributed by atoms with Crippen LogP contribution in [0.3, 0.4) is 0 Å². The van der Waals surface area contributed by atoms with Gasteiger partial charge in [0.25, 0.3) is 0 Å². The quantitative estimate of drug-likeness (QED) is 0.890. The van der Waals surface area contributed by atoms with Crippen LogP contribution in [0.4, 0.5) is 0 Å². The maximum Gasteiger partial charge on any atom is 0.0537 e. The summed E-state index contributed by atoms with van der Waals surface area (Å²) in [4.78, 5) is 2.52. The molecule has 0 aromatic carbocycles. The predicted molar refractivity (Wildman–Crippen MR) is 72.2 cm³/mol. The van der Waals surface area contributed by atoms with Crippen molar-refractivity contribution in [2.75, 3.05) is 13.1 Å². The number of likely N-dealkylation sites (tertiary alicyclic amines) is 1. The molecule has 1 aromatic rings. The normalized spacial score (nSPS) is 24.9. The molecule has 2 unspecified atom stereocenters. The van der Waals surface area contributed by atoms with Gasteiger partial charge in [0.05, 0.1) is 6.20 Å². The van der Waals surface area contributed by atoms with E-state index in [-0.39, 0.29) is 12.4 Å². The Bertz CT molecular complexity index is 363. The first-order valence-corrected chi connectivity index (χ1v) is 6.03. The zero-order chi connectivity index (χ0) is 11.7. The Morgan fingerprint density at radius 2 is 2.24 bits per heavy atom. The lowest BCUT2D eigenvalue weighted by molar-refractivity contribution is 0.255. The summed E-state index contributed by atoms with van der Waals surface area (Å²) >= 11 is 0. The summed E-state index contributed by atoms with van der Waals surface area (Å²) in [6.45, 7) is 7.38. The van der Waals surface area contributed by atoms with Crippen LogP contribution in [0, 0.1) is 12.8 Å². The van der Waals surface area contributed by atoms with Crippen LogP contribution in [0.15, 0.2) is 6.20 Å². The van der Waals surface area contributed by atoms with Crippen molar-refractivity contribution in [3.8, 4) is 0 Å². The fraction of sp³-hybridized carbons (Fsp3) is 0.750. The number of hydrogen-bond donors (Lipinski definition) is 1. The van der Waals surface area contributed by atoms with Gasteiger partial charge in [-0.3, -0.25) is 9.58 Å². The number of halogens is 1. The van der Waals surface area contributed by atoms with Crippen LogP contribution in [0.5, 0.6) is 0 Å². The van der Waals surface area contributed by atoms with Gasteiger partial charge in [0.15, 0.2) is 0 Å². The lowest BCUT2D eigenvalue weighted by Gasteiger charge is -2.20. The molecule has 5 heteroatoms. The summed E-state index contributed by atoms with van der Waals surface area (Å²) in [6, 6.07) is 0.646. The van der Waals surface area contributed by atoms with E-state index in [2.05, 4.69) is 23.8 Å². The van der Waals surface area contributed by atoms with Crippen LogP contribution in [-0.2, 0) is 13.6 Å². The van der Waals surface area contributed by atoms with Crippen molar-refractivity contribution < 1.29 is 0 Å². The zero-order valence-corrected chi connectivity index (χ0v) is 11.7. The maximum atomic E-state index is 5.74. The first-order chi connectivity index (χ1) is 7.61. The second-order valence-electron chi connectivity index (χ2n) is 4.99. The molecule has 17 heavy (non-hydrogen) atoms. The van der Waals surface area contributed by atoms with E-state index in [0.29, 0.717) is 12.0 Å².